The van der Waals surface area contributed by atoms with E-state index in [-0.39, 0.29) is 5.54 Å². The monoisotopic (exact) mass is 268 g/mol. The van der Waals surface area contributed by atoms with Gasteiger partial charge in [0.05, 0.1) is 0 Å². The van der Waals surface area contributed by atoms with Gasteiger partial charge in [0, 0.05) is 16.6 Å². The Morgan fingerprint density at radius 3 is 2.39 bits per heavy atom. The van der Waals surface area contributed by atoms with Crippen LogP contribution in [0.1, 0.15) is 25.8 Å². The predicted octanol–water partition coefficient (Wildman–Crippen LogP) is 3.20. The highest BCUT2D eigenvalue weighted by Crippen LogP contribution is 2.26. The Morgan fingerprint density at radius 1 is 1.33 bits per heavy atom. The molecule has 0 aromatic heterocycles. The molecule has 0 aliphatic carbocycles. The highest BCUT2D eigenvalue weighted by Gasteiger charge is 2.33. The Kier molecular flexibility index (Phi) is 5.64. The summed E-state index contributed by atoms with van der Waals surface area (Å²) in [5.41, 5.74) is 1.33. The first-order chi connectivity index (χ1) is 8.45. The zero-order chi connectivity index (χ0) is 13.8. The van der Waals surface area contributed by atoms with E-state index in [1.165, 1.54) is 5.56 Å². The van der Waals surface area contributed by atoms with Crippen molar-refractivity contribution in [3.8, 4) is 0 Å². The number of halogens is 1. The quantitative estimate of drug-likeness (QED) is 0.852. The molecule has 1 aromatic carbocycles. The number of nitrogens with zero attached hydrogens (tertiary/aromatic N) is 1. The van der Waals surface area contributed by atoms with E-state index in [1.807, 2.05) is 25.2 Å². The number of benzene rings is 1. The molecule has 0 aliphatic rings. The highest BCUT2D eigenvalue weighted by atomic mass is 35.5. The molecule has 0 spiro atoms. The van der Waals surface area contributed by atoms with Gasteiger partial charge in [0.25, 0.3) is 0 Å². The van der Waals surface area contributed by atoms with E-state index in [2.05, 4.69) is 44.2 Å². The molecular formula is C15H25ClN2. The van der Waals surface area contributed by atoms with E-state index in [9.17, 15) is 0 Å². The van der Waals surface area contributed by atoms with Gasteiger partial charge in [-0.1, -0.05) is 36.7 Å². The second-order valence-electron chi connectivity index (χ2n) is 5.24. The van der Waals surface area contributed by atoms with E-state index < -0.39 is 0 Å². The molecule has 2 atom stereocenters. The van der Waals surface area contributed by atoms with Crippen LogP contribution in [0.5, 0.6) is 0 Å². The van der Waals surface area contributed by atoms with E-state index >= 15 is 0 Å². The highest BCUT2D eigenvalue weighted by molar-refractivity contribution is 6.31. The van der Waals surface area contributed by atoms with Gasteiger partial charge < -0.3 is 10.2 Å². The van der Waals surface area contributed by atoms with Crippen LogP contribution in [0.4, 0.5) is 0 Å². The second kappa shape index (κ2) is 6.55. The molecule has 1 rings (SSSR count). The molecule has 102 valence electrons. The SMILES string of the molecule is CCC(C)(C(Cc1ccccc1Cl)NC)N(C)C. The Morgan fingerprint density at radius 2 is 1.94 bits per heavy atom. The normalized spacial score (nSPS) is 16.6. The van der Waals surface area contributed by atoms with Gasteiger partial charge in [0.1, 0.15) is 0 Å². The minimum Gasteiger partial charge on any atom is -0.315 e. The van der Waals surface area contributed by atoms with Gasteiger partial charge in [0.15, 0.2) is 0 Å². The molecule has 0 fully saturated rings. The van der Waals surface area contributed by atoms with Crippen LogP contribution in [0.2, 0.25) is 5.02 Å². The van der Waals surface area contributed by atoms with Gasteiger partial charge in [0.2, 0.25) is 0 Å². The molecule has 0 radical (unpaired) electrons. The molecule has 2 nitrogen and oxygen atoms in total. The van der Waals surface area contributed by atoms with Crippen molar-refractivity contribution in [3.63, 3.8) is 0 Å². The smallest absolute Gasteiger partial charge is 0.0438 e. The third-order valence-electron chi connectivity index (χ3n) is 4.22. The zero-order valence-corrected chi connectivity index (χ0v) is 12.9. The topological polar surface area (TPSA) is 15.3 Å². The lowest BCUT2D eigenvalue weighted by molar-refractivity contribution is 0.116. The number of hydrogen-bond donors (Lipinski definition) is 1. The fourth-order valence-corrected chi connectivity index (χ4v) is 2.60. The Hall–Kier alpha value is -0.570. The minimum atomic E-state index is 0.119. The van der Waals surface area contributed by atoms with Crippen LogP contribution in [0.3, 0.4) is 0 Å². The van der Waals surface area contributed by atoms with Crippen molar-refractivity contribution in [2.75, 3.05) is 21.1 Å². The summed E-state index contributed by atoms with van der Waals surface area (Å²) in [5.74, 6) is 0. The molecule has 0 heterocycles. The molecule has 0 saturated carbocycles. The lowest BCUT2D eigenvalue weighted by Crippen LogP contribution is -2.56. The summed E-state index contributed by atoms with van der Waals surface area (Å²) >= 11 is 6.26. The van der Waals surface area contributed by atoms with Crippen LogP contribution in [-0.4, -0.2) is 37.6 Å². The van der Waals surface area contributed by atoms with E-state index in [0.29, 0.717) is 6.04 Å². The van der Waals surface area contributed by atoms with Crippen molar-refractivity contribution in [2.24, 2.45) is 0 Å². The third-order valence-corrected chi connectivity index (χ3v) is 4.59. The Bertz CT molecular complexity index is 379. The van der Waals surface area contributed by atoms with E-state index in [4.69, 9.17) is 11.6 Å². The van der Waals surface area contributed by atoms with Gasteiger partial charge in [-0.15, -0.1) is 0 Å². The van der Waals surface area contributed by atoms with E-state index in [0.717, 1.165) is 17.9 Å². The molecule has 0 bridgehead atoms. The van der Waals surface area contributed by atoms with Crippen molar-refractivity contribution in [2.45, 2.75) is 38.3 Å². The molecule has 1 N–H and O–H groups in total. The molecule has 1 aromatic rings. The first-order valence-corrected chi connectivity index (χ1v) is 6.91. The first-order valence-electron chi connectivity index (χ1n) is 6.53. The van der Waals surface area contributed by atoms with Crippen molar-refractivity contribution < 1.29 is 0 Å². The van der Waals surface area contributed by atoms with Crippen LogP contribution < -0.4 is 5.32 Å². The Labute approximate surface area is 116 Å². The van der Waals surface area contributed by atoms with Crippen LogP contribution in [-0.2, 0) is 6.42 Å². The predicted molar refractivity (Wildman–Crippen MR) is 80.4 cm³/mol. The number of nitrogens with one attached hydrogen (secondary N) is 1. The van der Waals surface area contributed by atoms with Crippen molar-refractivity contribution in [3.05, 3.63) is 34.9 Å². The number of rotatable bonds is 6. The molecule has 0 aliphatic heterocycles. The van der Waals surface area contributed by atoms with Crippen LogP contribution in [0.15, 0.2) is 24.3 Å². The number of likely N-dealkylation sites (N-methyl/N-ethyl adjacent to an activating group) is 2. The largest absolute Gasteiger partial charge is 0.315 e. The van der Waals surface area contributed by atoms with Crippen molar-refractivity contribution in [1.29, 1.82) is 0 Å². The average molecular weight is 269 g/mol. The summed E-state index contributed by atoms with van der Waals surface area (Å²) in [6, 6.07) is 8.47. The first kappa shape index (κ1) is 15.5. The van der Waals surface area contributed by atoms with Gasteiger partial charge in [-0.25, -0.2) is 0 Å². The van der Waals surface area contributed by atoms with Crippen molar-refractivity contribution >= 4 is 11.6 Å². The summed E-state index contributed by atoms with van der Waals surface area (Å²) in [6.07, 6.45) is 2.04. The fourth-order valence-electron chi connectivity index (χ4n) is 2.39. The van der Waals surface area contributed by atoms with Crippen LogP contribution in [0, 0.1) is 0 Å². The molecular weight excluding hydrogens is 244 g/mol. The molecule has 3 heteroatoms. The maximum atomic E-state index is 6.26. The molecule has 18 heavy (non-hydrogen) atoms. The summed E-state index contributed by atoms with van der Waals surface area (Å²) in [7, 11) is 6.31. The molecule has 0 saturated heterocycles. The van der Waals surface area contributed by atoms with Gasteiger partial charge in [-0.3, -0.25) is 0 Å². The molecule has 0 amide bonds. The maximum Gasteiger partial charge on any atom is 0.0438 e. The van der Waals surface area contributed by atoms with Crippen LogP contribution >= 0.6 is 11.6 Å². The summed E-state index contributed by atoms with van der Waals surface area (Å²) in [5, 5.41) is 4.31. The minimum absolute atomic E-state index is 0.119. The lowest BCUT2D eigenvalue weighted by atomic mass is 9.84. The fraction of sp³-hybridized carbons (Fsp3) is 0.600. The van der Waals surface area contributed by atoms with Gasteiger partial charge in [-0.05, 0) is 52.5 Å². The summed E-state index contributed by atoms with van der Waals surface area (Å²) < 4.78 is 0. The standard InChI is InChI=1S/C15H25ClN2/c1-6-15(2,18(4)5)14(17-3)11-12-9-7-8-10-13(12)16/h7-10,14,17H,6,11H2,1-5H3. The summed E-state index contributed by atoms with van der Waals surface area (Å²) in [6.45, 7) is 4.53. The van der Waals surface area contributed by atoms with Gasteiger partial charge >= 0.3 is 0 Å². The van der Waals surface area contributed by atoms with E-state index in [1.54, 1.807) is 0 Å². The zero-order valence-electron chi connectivity index (χ0n) is 12.1. The Balaban J connectivity index is 2.94. The van der Waals surface area contributed by atoms with Crippen molar-refractivity contribution in [1.82, 2.24) is 10.2 Å². The lowest BCUT2D eigenvalue weighted by Gasteiger charge is -2.43. The summed E-state index contributed by atoms with van der Waals surface area (Å²) in [4.78, 5) is 2.30. The second-order valence-corrected chi connectivity index (χ2v) is 5.65. The maximum absolute atomic E-state index is 6.26. The van der Waals surface area contributed by atoms with Gasteiger partial charge in [-0.2, -0.15) is 0 Å². The number of hydrogen-bond acceptors (Lipinski definition) is 2. The van der Waals surface area contributed by atoms with Crippen LogP contribution in [0.25, 0.3) is 0 Å². The molecule has 2 unspecified atom stereocenters. The third kappa shape index (κ3) is 3.25. The average Bonchev–Trinajstić information content (AvgIpc) is 2.36.